The van der Waals surface area contributed by atoms with Gasteiger partial charge in [0.1, 0.15) is 11.6 Å². The van der Waals surface area contributed by atoms with Crippen molar-refractivity contribution in [1.82, 2.24) is 0 Å². The van der Waals surface area contributed by atoms with E-state index in [4.69, 9.17) is 5.73 Å². The fourth-order valence-electron chi connectivity index (χ4n) is 1.79. The van der Waals surface area contributed by atoms with Crippen molar-refractivity contribution in [3.8, 4) is 0 Å². The highest BCUT2D eigenvalue weighted by Crippen LogP contribution is 2.29. The van der Waals surface area contributed by atoms with Crippen LogP contribution in [0.1, 0.15) is 17.2 Å². The van der Waals surface area contributed by atoms with Gasteiger partial charge in [-0.25, -0.2) is 8.78 Å². The highest BCUT2D eigenvalue weighted by Gasteiger charge is 2.19. The van der Waals surface area contributed by atoms with Crippen molar-refractivity contribution < 1.29 is 8.78 Å². The van der Waals surface area contributed by atoms with E-state index in [1.54, 1.807) is 0 Å². The van der Waals surface area contributed by atoms with Gasteiger partial charge < -0.3 is 5.73 Å². The highest BCUT2D eigenvalue weighted by molar-refractivity contribution is 9.10. The van der Waals surface area contributed by atoms with Gasteiger partial charge in [-0.05, 0) is 47.1 Å². The maximum Gasteiger partial charge on any atom is 0.145 e. The Bertz CT molecular complexity index is 602. The molecule has 1 nitrogen and oxygen atoms in total. The first-order valence-electron chi connectivity index (χ1n) is 6.07. The molecule has 20 heavy (non-hydrogen) atoms. The van der Waals surface area contributed by atoms with E-state index in [-0.39, 0.29) is 10.0 Å². The predicted molar refractivity (Wildman–Crippen MR) is 82.9 cm³/mol. The van der Waals surface area contributed by atoms with Crippen LogP contribution >= 0.6 is 27.7 Å². The van der Waals surface area contributed by atoms with Gasteiger partial charge in [-0.3, -0.25) is 0 Å². The van der Waals surface area contributed by atoms with Gasteiger partial charge in [0.2, 0.25) is 0 Å². The second-order valence-electron chi connectivity index (χ2n) is 4.49. The van der Waals surface area contributed by atoms with Crippen molar-refractivity contribution in [2.75, 3.05) is 5.75 Å². The molecule has 0 spiro atoms. The van der Waals surface area contributed by atoms with Crippen LogP contribution in [0.3, 0.4) is 0 Å². The van der Waals surface area contributed by atoms with Crippen LogP contribution in [0.15, 0.2) is 45.8 Å². The monoisotopic (exact) mass is 357 g/mol. The zero-order valence-electron chi connectivity index (χ0n) is 10.9. The summed E-state index contributed by atoms with van der Waals surface area (Å²) in [5, 5.41) is 0. The van der Waals surface area contributed by atoms with Crippen molar-refractivity contribution in [2.24, 2.45) is 5.73 Å². The van der Waals surface area contributed by atoms with E-state index >= 15 is 0 Å². The molecule has 1 atom stereocenters. The molecule has 0 amide bonds. The summed E-state index contributed by atoms with van der Waals surface area (Å²) in [6.07, 6.45) is 0. The summed E-state index contributed by atoms with van der Waals surface area (Å²) in [6.45, 7) is 2.01. The van der Waals surface area contributed by atoms with Crippen LogP contribution in [0.5, 0.6) is 0 Å². The maximum atomic E-state index is 13.9. The third kappa shape index (κ3) is 3.59. The molecule has 0 radical (unpaired) electrons. The van der Waals surface area contributed by atoms with E-state index in [9.17, 15) is 8.78 Å². The quantitative estimate of drug-likeness (QED) is 0.626. The number of halogens is 3. The summed E-state index contributed by atoms with van der Waals surface area (Å²) in [4.78, 5) is 1.03. The topological polar surface area (TPSA) is 26.0 Å². The molecular formula is C15H14BrF2NS. The molecule has 0 saturated carbocycles. The molecule has 106 valence electrons. The van der Waals surface area contributed by atoms with E-state index in [0.29, 0.717) is 5.75 Å². The largest absolute Gasteiger partial charge is 0.323 e. The number of benzene rings is 2. The number of aryl methyl sites for hydroxylation is 1. The molecule has 5 heteroatoms. The fourth-order valence-corrected chi connectivity index (χ4v) is 3.00. The number of rotatable bonds is 4. The van der Waals surface area contributed by atoms with E-state index < -0.39 is 17.7 Å². The molecule has 2 rings (SSSR count). The zero-order chi connectivity index (χ0) is 14.7. The lowest BCUT2D eigenvalue weighted by molar-refractivity contribution is 0.534. The highest BCUT2D eigenvalue weighted by atomic mass is 79.9. The smallest absolute Gasteiger partial charge is 0.145 e. The van der Waals surface area contributed by atoms with E-state index in [0.717, 1.165) is 4.90 Å². The first kappa shape index (κ1) is 15.5. The van der Waals surface area contributed by atoms with Crippen LogP contribution in [0.4, 0.5) is 8.78 Å². The van der Waals surface area contributed by atoms with Crippen LogP contribution in [0, 0.1) is 18.6 Å². The Labute approximate surface area is 129 Å². The van der Waals surface area contributed by atoms with Crippen LogP contribution < -0.4 is 5.73 Å². The molecule has 2 aromatic rings. The molecular weight excluding hydrogens is 344 g/mol. The molecule has 0 aliphatic rings. The average Bonchev–Trinajstić information content (AvgIpc) is 2.43. The van der Waals surface area contributed by atoms with Crippen molar-refractivity contribution in [3.05, 3.63) is 63.6 Å². The zero-order valence-corrected chi connectivity index (χ0v) is 13.3. The first-order chi connectivity index (χ1) is 9.49. The predicted octanol–water partition coefficient (Wildman–Crippen LogP) is 4.83. The minimum atomic E-state index is -0.696. The van der Waals surface area contributed by atoms with Gasteiger partial charge in [-0.1, -0.05) is 17.7 Å². The van der Waals surface area contributed by atoms with E-state index in [1.165, 1.54) is 29.5 Å². The Balaban J connectivity index is 2.11. The lowest BCUT2D eigenvalue weighted by Crippen LogP contribution is -2.17. The Morgan fingerprint density at radius 1 is 1.15 bits per heavy atom. The average molecular weight is 358 g/mol. The van der Waals surface area contributed by atoms with Crippen LogP contribution in [0.25, 0.3) is 0 Å². The Morgan fingerprint density at radius 2 is 1.80 bits per heavy atom. The molecule has 0 aliphatic carbocycles. The van der Waals surface area contributed by atoms with Gasteiger partial charge >= 0.3 is 0 Å². The van der Waals surface area contributed by atoms with E-state index in [2.05, 4.69) is 15.9 Å². The summed E-state index contributed by atoms with van der Waals surface area (Å²) < 4.78 is 27.9. The van der Waals surface area contributed by atoms with Gasteiger partial charge in [-0.2, -0.15) is 0 Å². The SMILES string of the molecule is Cc1ccc(SCC(N)c2c(F)ccc(Br)c2F)cc1. The van der Waals surface area contributed by atoms with Gasteiger partial charge in [-0.15, -0.1) is 11.8 Å². The number of thioether (sulfide) groups is 1. The summed E-state index contributed by atoms with van der Waals surface area (Å²) in [6, 6.07) is 9.80. The van der Waals surface area contributed by atoms with Gasteiger partial charge in [0.15, 0.2) is 0 Å². The molecule has 2 aromatic carbocycles. The summed E-state index contributed by atoms with van der Waals surface area (Å²) in [5.74, 6) is -0.822. The van der Waals surface area contributed by atoms with Gasteiger partial charge in [0, 0.05) is 22.3 Å². The molecule has 1 unspecified atom stereocenters. The fraction of sp³-hybridized carbons (Fsp3) is 0.200. The van der Waals surface area contributed by atoms with Crippen LogP contribution in [-0.2, 0) is 0 Å². The van der Waals surface area contributed by atoms with Gasteiger partial charge in [0.25, 0.3) is 0 Å². The number of hydrogen-bond donors (Lipinski definition) is 1. The minimum absolute atomic E-state index is 0.0704. The second kappa shape index (κ2) is 6.70. The van der Waals surface area contributed by atoms with E-state index in [1.807, 2.05) is 31.2 Å². The number of nitrogens with two attached hydrogens (primary N) is 1. The standard InChI is InChI=1S/C15H14BrF2NS/c1-9-2-4-10(5-3-9)20-8-13(19)14-12(17)7-6-11(16)15(14)18/h2-7,13H,8,19H2,1H3. The number of hydrogen-bond acceptors (Lipinski definition) is 2. The Hall–Kier alpha value is -0.910. The van der Waals surface area contributed by atoms with Crippen molar-refractivity contribution in [1.29, 1.82) is 0 Å². The Kier molecular flexibility index (Phi) is 5.18. The molecule has 0 saturated heterocycles. The van der Waals surface area contributed by atoms with Crippen LogP contribution in [0.2, 0.25) is 0 Å². The summed E-state index contributed by atoms with van der Waals surface area (Å²) >= 11 is 4.53. The molecule has 0 aromatic heterocycles. The normalized spacial score (nSPS) is 12.4. The minimum Gasteiger partial charge on any atom is -0.323 e. The maximum absolute atomic E-state index is 13.9. The van der Waals surface area contributed by atoms with Crippen LogP contribution in [-0.4, -0.2) is 5.75 Å². The lowest BCUT2D eigenvalue weighted by atomic mass is 10.1. The first-order valence-corrected chi connectivity index (χ1v) is 7.85. The molecule has 0 aliphatic heterocycles. The second-order valence-corrected chi connectivity index (χ2v) is 6.44. The molecule has 0 fully saturated rings. The van der Waals surface area contributed by atoms with Crippen molar-refractivity contribution >= 4 is 27.7 Å². The lowest BCUT2D eigenvalue weighted by Gasteiger charge is -2.14. The van der Waals surface area contributed by atoms with Crippen molar-refractivity contribution in [3.63, 3.8) is 0 Å². The summed E-state index contributed by atoms with van der Waals surface area (Å²) in [7, 11) is 0. The molecule has 0 heterocycles. The van der Waals surface area contributed by atoms with Crippen molar-refractivity contribution in [2.45, 2.75) is 17.9 Å². The third-order valence-corrected chi connectivity index (χ3v) is 4.64. The molecule has 0 bridgehead atoms. The van der Waals surface area contributed by atoms with Gasteiger partial charge in [0.05, 0.1) is 4.47 Å². The third-order valence-electron chi connectivity index (χ3n) is 2.90. The molecule has 2 N–H and O–H groups in total. The summed E-state index contributed by atoms with van der Waals surface area (Å²) in [5.41, 5.74) is 7.02. The Morgan fingerprint density at radius 3 is 2.45 bits per heavy atom.